The average molecular weight is 865 g/mol. The molecule has 0 saturated heterocycles. The molecule has 352 valence electrons. The van der Waals surface area contributed by atoms with Crippen molar-refractivity contribution < 1.29 is 20.4 Å². The summed E-state index contributed by atoms with van der Waals surface area (Å²) >= 11 is 0. The molecule has 0 saturated carbocycles. The van der Waals surface area contributed by atoms with Crippen molar-refractivity contribution in [2.75, 3.05) is 0 Å². The van der Waals surface area contributed by atoms with Crippen LogP contribution in [0.3, 0.4) is 0 Å². The third-order valence-corrected chi connectivity index (χ3v) is 12.3. The van der Waals surface area contributed by atoms with Crippen LogP contribution in [0.15, 0.2) is 116 Å². The molecule has 4 nitrogen and oxygen atoms in total. The number of rotatable bonds is 31. The van der Waals surface area contributed by atoms with Crippen LogP contribution in [-0.2, 0) is 19.6 Å². The molecule has 1 aromatic rings. The van der Waals surface area contributed by atoms with E-state index in [1.54, 1.807) is 6.92 Å². The highest BCUT2D eigenvalue weighted by molar-refractivity contribution is 5.58. The summed E-state index contributed by atoms with van der Waals surface area (Å²) in [6, 6.07) is 0. The lowest BCUT2D eigenvalue weighted by Gasteiger charge is -2.17. The number of hydrogen-bond acceptors (Lipinski definition) is 4. The molecule has 0 spiro atoms. The Bertz CT molecular complexity index is 1840. The summed E-state index contributed by atoms with van der Waals surface area (Å²) in [6.45, 7) is 25.5. The van der Waals surface area contributed by atoms with Crippen molar-refractivity contribution in [1.82, 2.24) is 0 Å². The van der Waals surface area contributed by atoms with E-state index in [-0.39, 0.29) is 22.6 Å². The molecule has 0 unspecified atom stereocenters. The van der Waals surface area contributed by atoms with Gasteiger partial charge in [-0.1, -0.05) is 116 Å². The Morgan fingerprint density at radius 2 is 0.540 bits per heavy atom. The van der Waals surface area contributed by atoms with Crippen molar-refractivity contribution in [2.24, 2.45) is 0 Å². The second-order valence-corrected chi connectivity index (χ2v) is 18.9. The quantitative estimate of drug-likeness (QED) is 0.0443. The van der Waals surface area contributed by atoms with Gasteiger partial charge < -0.3 is 20.4 Å². The summed E-state index contributed by atoms with van der Waals surface area (Å²) in [5.41, 5.74) is 16.1. The van der Waals surface area contributed by atoms with Crippen LogP contribution in [0.4, 0.5) is 0 Å². The number of aromatic hydroxyl groups is 2. The lowest BCUT2D eigenvalue weighted by molar-refractivity contribution is 0.249. The first-order valence-electron chi connectivity index (χ1n) is 24.3. The Balaban J connectivity index is 2.32. The van der Waals surface area contributed by atoms with Crippen molar-refractivity contribution in [3.63, 3.8) is 0 Å². The van der Waals surface area contributed by atoms with E-state index < -0.39 is 13.2 Å². The van der Waals surface area contributed by atoms with Crippen LogP contribution < -0.4 is 0 Å². The molecule has 0 aliphatic heterocycles. The average Bonchev–Trinajstić information content (AvgIpc) is 3.21. The zero-order valence-electron chi connectivity index (χ0n) is 42.4. The minimum Gasteiger partial charge on any atom is -0.507 e. The van der Waals surface area contributed by atoms with Crippen LogP contribution in [0.1, 0.15) is 214 Å². The van der Waals surface area contributed by atoms with Gasteiger partial charge in [-0.25, -0.2) is 0 Å². The second kappa shape index (κ2) is 33.6. The predicted molar refractivity (Wildman–Crippen MR) is 276 cm³/mol. The topological polar surface area (TPSA) is 80.9 Å². The zero-order chi connectivity index (χ0) is 47.2. The first-order chi connectivity index (χ1) is 30.0. The first kappa shape index (κ1) is 57.2. The maximum absolute atomic E-state index is 10.7. The molecule has 4 heteroatoms. The Labute approximate surface area is 387 Å². The minimum absolute atomic E-state index is 0.0420. The molecule has 0 radical (unpaired) electrons. The number of aliphatic hydroxyl groups excluding tert-OH is 2. The van der Waals surface area contributed by atoms with Gasteiger partial charge in [0.15, 0.2) is 0 Å². The van der Waals surface area contributed by atoms with Gasteiger partial charge >= 0.3 is 0 Å². The molecule has 0 heterocycles. The van der Waals surface area contributed by atoms with Gasteiger partial charge in [-0.3, -0.25) is 0 Å². The van der Waals surface area contributed by atoms with Gasteiger partial charge in [0.1, 0.15) is 11.5 Å². The summed E-state index contributed by atoms with van der Waals surface area (Å²) in [5, 5.41) is 40.4. The van der Waals surface area contributed by atoms with E-state index in [9.17, 15) is 20.4 Å². The van der Waals surface area contributed by atoms with Crippen LogP contribution in [0.5, 0.6) is 11.5 Å². The number of aliphatic hydroxyl groups is 2. The van der Waals surface area contributed by atoms with Gasteiger partial charge in [-0.2, -0.15) is 0 Å². The summed E-state index contributed by atoms with van der Waals surface area (Å²) in [7, 11) is 0. The predicted octanol–water partition coefficient (Wildman–Crippen LogP) is 17.4. The van der Waals surface area contributed by atoms with Gasteiger partial charge in [0.05, 0.1) is 13.2 Å². The van der Waals surface area contributed by atoms with Crippen LogP contribution in [0, 0.1) is 6.92 Å². The van der Waals surface area contributed by atoms with E-state index in [4.69, 9.17) is 0 Å². The number of allylic oxidation sites excluding steroid dienone is 20. The Hall–Kier alpha value is -3.86. The molecule has 0 aromatic heterocycles. The number of benzene rings is 1. The lowest BCUT2D eigenvalue weighted by Crippen LogP contribution is -2.02. The van der Waals surface area contributed by atoms with Crippen molar-refractivity contribution in [1.29, 1.82) is 0 Å². The molecule has 0 amide bonds. The summed E-state index contributed by atoms with van der Waals surface area (Å²) < 4.78 is 0. The molecule has 1 rings (SSSR count). The van der Waals surface area contributed by atoms with Crippen LogP contribution in [-0.4, -0.2) is 20.4 Å². The van der Waals surface area contributed by atoms with E-state index in [0.717, 1.165) is 103 Å². The summed E-state index contributed by atoms with van der Waals surface area (Å²) in [6.07, 6.45) is 44.3. The molecular formula is C59H92O4. The van der Waals surface area contributed by atoms with Gasteiger partial charge in [0, 0.05) is 16.7 Å². The Morgan fingerprint density at radius 3 is 0.778 bits per heavy atom. The third kappa shape index (κ3) is 26.5. The van der Waals surface area contributed by atoms with E-state index in [1.807, 2.05) is 0 Å². The second-order valence-electron chi connectivity index (χ2n) is 18.9. The van der Waals surface area contributed by atoms with Gasteiger partial charge in [0.2, 0.25) is 0 Å². The lowest BCUT2D eigenvalue weighted by atomic mass is 9.93. The monoisotopic (exact) mass is 865 g/mol. The third-order valence-electron chi connectivity index (χ3n) is 12.3. The highest BCUT2D eigenvalue weighted by Gasteiger charge is 2.19. The highest BCUT2D eigenvalue weighted by atomic mass is 16.3. The van der Waals surface area contributed by atoms with E-state index in [0.29, 0.717) is 17.5 Å². The fourth-order valence-electron chi connectivity index (χ4n) is 7.76. The van der Waals surface area contributed by atoms with Crippen molar-refractivity contribution >= 4 is 0 Å². The smallest absolute Gasteiger partial charge is 0.125 e. The Kier molecular flexibility index (Phi) is 30.5. The van der Waals surface area contributed by atoms with Crippen LogP contribution >= 0.6 is 0 Å². The highest BCUT2D eigenvalue weighted by Crippen LogP contribution is 2.38. The van der Waals surface area contributed by atoms with Gasteiger partial charge in [-0.15, -0.1) is 0 Å². The summed E-state index contributed by atoms with van der Waals surface area (Å²) in [4.78, 5) is 0. The van der Waals surface area contributed by atoms with E-state index in [1.165, 1.54) is 68.6 Å². The van der Waals surface area contributed by atoms with Gasteiger partial charge in [-0.05, 0) is 211 Å². The molecule has 0 aliphatic carbocycles. The first-order valence-corrected chi connectivity index (χ1v) is 24.3. The number of phenols is 2. The standard InChI is InChI=1S/C59H92O4/c1-44(2)22-13-23-45(3)24-14-25-46(4)26-15-27-47(5)28-16-29-48(6)30-17-31-49(7)32-18-33-50(8)34-19-35-51(9)36-20-37-52(10)38-21-39-53(11)40-41-55-54(12)58(62)56(42-60)57(43-61)59(55)63/h22,24,26,28,30,32,34,36,38,40,60-63H,13-21,23,25,27,29,31,33,35,37,39,41-43H2,1-12H3/b45-24+,46-26+,47-28+,48-30+,49-32+,50-34+,51-36+,52-38+,53-40+. The normalized spacial score (nSPS) is 14.3. The van der Waals surface area contributed by atoms with Crippen molar-refractivity contribution in [3.05, 3.63) is 139 Å². The molecular weight excluding hydrogens is 773 g/mol. The SMILES string of the molecule is CC(C)=CCC/C(C)=C/CC/C(C)=C/CC/C(C)=C/CC/C(C)=C/CC/C(C)=C/CC/C(C)=C/CC/C(C)=C/CC/C(C)=C/CC/C(C)=C/Cc1c(C)c(O)c(CO)c(CO)c1O. The molecule has 0 atom stereocenters. The zero-order valence-corrected chi connectivity index (χ0v) is 42.4. The minimum atomic E-state index is -0.437. The van der Waals surface area contributed by atoms with E-state index in [2.05, 4.69) is 137 Å². The maximum atomic E-state index is 10.7. The molecule has 0 bridgehead atoms. The van der Waals surface area contributed by atoms with Crippen molar-refractivity contribution in [3.8, 4) is 11.5 Å². The van der Waals surface area contributed by atoms with E-state index >= 15 is 0 Å². The molecule has 4 N–H and O–H groups in total. The molecule has 63 heavy (non-hydrogen) atoms. The van der Waals surface area contributed by atoms with Gasteiger partial charge in [0.25, 0.3) is 0 Å². The Morgan fingerprint density at radius 1 is 0.317 bits per heavy atom. The molecule has 0 aliphatic rings. The number of hydrogen-bond donors (Lipinski definition) is 4. The van der Waals surface area contributed by atoms with Crippen LogP contribution in [0.2, 0.25) is 0 Å². The molecule has 1 aromatic carbocycles. The largest absolute Gasteiger partial charge is 0.507 e. The maximum Gasteiger partial charge on any atom is 0.125 e. The summed E-state index contributed by atoms with van der Waals surface area (Å²) in [5.74, 6) is -0.0984. The molecule has 0 fully saturated rings. The fourth-order valence-corrected chi connectivity index (χ4v) is 7.76. The van der Waals surface area contributed by atoms with Crippen molar-refractivity contribution in [2.45, 2.75) is 218 Å². The van der Waals surface area contributed by atoms with Crippen LogP contribution in [0.25, 0.3) is 0 Å². The fraction of sp³-hybridized carbons (Fsp3) is 0.559.